The Labute approximate surface area is 99.9 Å². The average molecular weight is 223 g/mol. The van der Waals surface area contributed by atoms with Crippen LogP contribution in [0, 0.1) is 0 Å². The molecule has 0 unspecified atom stereocenters. The molecule has 0 aliphatic carbocycles. The monoisotopic (exact) mass is 223 g/mol. The summed E-state index contributed by atoms with van der Waals surface area (Å²) in [7, 11) is 1.93. The van der Waals surface area contributed by atoms with Gasteiger partial charge in [-0.3, -0.25) is 0 Å². The van der Waals surface area contributed by atoms with Gasteiger partial charge < -0.3 is 9.73 Å². The first-order valence-corrected chi connectivity index (χ1v) is 5.63. The van der Waals surface area contributed by atoms with E-state index in [2.05, 4.69) is 23.5 Å². The third kappa shape index (κ3) is 1.58. The number of furan rings is 1. The van der Waals surface area contributed by atoms with Crippen molar-refractivity contribution in [2.75, 3.05) is 12.4 Å². The third-order valence-electron chi connectivity index (χ3n) is 2.97. The van der Waals surface area contributed by atoms with Crippen LogP contribution < -0.4 is 5.32 Å². The Morgan fingerprint density at radius 3 is 2.53 bits per heavy atom. The van der Waals surface area contributed by atoms with Gasteiger partial charge in [-0.2, -0.15) is 0 Å². The molecular weight excluding hydrogens is 210 g/mol. The molecule has 0 atom stereocenters. The van der Waals surface area contributed by atoms with E-state index in [-0.39, 0.29) is 0 Å². The number of hydrogen-bond donors (Lipinski definition) is 1. The maximum Gasteiger partial charge on any atom is 0.134 e. The lowest BCUT2D eigenvalue weighted by atomic mass is 10.0. The Morgan fingerprint density at radius 1 is 0.882 bits per heavy atom. The fourth-order valence-electron chi connectivity index (χ4n) is 2.12. The van der Waals surface area contributed by atoms with Crippen molar-refractivity contribution in [3.8, 4) is 11.1 Å². The second-order valence-corrected chi connectivity index (χ2v) is 3.94. The van der Waals surface area contributed by atoms with E-state index in [9.17, 15) is 0 Å². The summed E-state index contributed by atoms with van der Waals surface area (Å²) in [5.41, 5.74) is 4.33. The zero-order valence-electron chi connectivity index (χ0n) is 9.60. The smallest absolute Gasteiger partial charge is 0.134 e. The van der Waals surface area contributed by atoms with Crippen molar-refractivity contribution in [2.45, 2.75) is 0 Å². The second kappa shape index (κ2) is 3.98. The molecule has 0 saturated heterocycles. The molecule has 3 aromatic rings. The highest BCUT2D eigenvalue weighted by Crippen LogP contribution is 2.34. The molecule has 0 amide bonds. The van der Waals surface area contributed by atoms with Crippen LogP contribution >= 0.6 is 0 Å². The lowest BCUT2D eigenvalue weighted by Gasteiger charge is -2.06. The highest BCUT2D eigenvalue weighted by molar-refractivity contribution is 5.97. The van der Waals surface area contributed by atoms with Gasteiger partial charge >= 0.3 is 0 Å². The van der Waals surface area contributed by atoms with Crippen LogP contribution in [0.1, 0.15) is 0 Å². The molecule has 2 nitrogen and oxygen atoms in total. The zero-order valence-corrected chi connectivity index (χ0v) is 9.60. The minimum atomic E-state index is 0.924. The molecule has 0 saturated carbocycles. The van der Waals surface area contributed by atoms with Gasteiger partial charge in [-0.15, -0.1) is 0 Å². The molecule has 1 N–H and O–H groups in total. The van der Waals surface area contributed by atoms with Crippen molar-refractivity contribution < 1.29 is 4.42 Å². The number of hydrogen-bond acceptors (Lipinski definition) is 2. The molecule has 2 aromatic carbocycles. The van der Waals surface area contributed by atoms with E-state index in [0.29, 0.717) is 0 Å². The first-order valence-electron chi connectivity index (χ1n) is 5.63. The summed E-state index contributed by atoms with van der Waals surface area (Å²) in [5.74, 6) is 0. The van der Waals surface area contributed by atoms with Crippen LogP contribution in [-0.2, 0) is 0 Å². The van der Waals surface area contributed by atoms with Crippen LogP contribution in [0.4, 0.5) is 5.69 Å². The standard InChI is InChI=1S/C15H13NO/c1-16-14-8-4-2-6-11(14)13-10-17-15-9-5-3-7-12(13)15/h2-10,16H,1H3. The Kier molecular flexibility index (Phi) is 2.33. The number of anilines is 1. The largest absolute Gasteiger partial charge is 0.464 e. The Morgan fingerprint density at radius 2 is 1.65 bits per heavy atom. The molecule has 0 spiro atoms. The van der Waals surface area contributed by atoms with Crippen molar-refractivity contribution in [2.24, 2.45) is 0 Å². The molecule has 1 aromatic heterocycles. The fraction of sp³-hybridized carbons (Fsp3) is 0.0667. The van der Waals surface area contributed by atoms with Crippen molar-refractivity contribution >= 4 is 16.7 Å². The number of fused-ring (bicyclic) bond motifs is 1. The van der Waals surface area contributed by atoms with E-state index in [1.54, 1.807) is 0 Å². The van der Waals surface area contributed by atoms with Crippen LogP contribution in [-0.4, -0.2) is 7.05 Å². The van der Waals surface area contributed by atoms with Crippen molar-refractivity contribution in [3.63, 3.8) is 0 Å². The highest BCUT2D eigenvalue weighted by atomic mass is 16.3. The Hall–Kier alpha value is -2.22. The topological polar surface area (TPSA) is 25.2 Å². The summed E-state index contributed by atoms with van der Waals surface area (Å²) in [6.07, 6.45) is 1.82. The SMILES string of the molecule is CNc1ccccc1-c1coc2ccccc12. The summed E-state index contributed by atoms with van der Waals surface area (Å²) in [4.78, 5) is 0. The molecular formula is C15H13NO. The minimum absolute atomic E-state index is 0.924. The molecule has 3 rings (SSSR count). The van der Waals surface area contributed by atoms with Crippen LogP contribution in [0.2, 0.25) is 0 Å². The van der Waals surface area contributed by atoms with Gasteiger partial charge in [0, 0.05) is 29.2 Å². The van der Waals surface area contributed by atoms with Gasteiger partial charge in [0.15, 0.2) is 0 Å². The molecule has 0 fully saturated rings. The summed E-state index contributed by atoms with van der Waals surface area (Å²) in [5, 5.41) is 4.36. The van der Waals surface area contributed by atoms with E-state index >= 15 is 0 Å². The number of rotatable bonds is 2. The Balaban J connectivity index is 2.27. The van der Waals surface area contributed by atoms with Gasteiger partial charge in [-0.05, 0) is 12.1 Å². The fourth-order valence-corrected chi connectivity index (χ4v) is 2.12. The molecule has 17 heavy (non-hydrogen) atoms. The van der Waals surface area contributed by atoms with E-state index in [1.807, 2.05) is 43.6 Å². The van der Waals surface area contributed by atoms with Crippen LogP contribution in [0.5, 0.6) is 0 Å². The van der Waals surface area contributed by atoms with Gasteiger partial charge in [-0.25, -0.2) is 0 Å². The maximum absolute atomic E-state index is 5.58. The van der Waals surface area contributed by atoms with Crippen LogP contribution in [0.25, 0.3) is 22.1 Å². The average Bonchev–Trinajstić information content (AvgIpc) is 2.82. The predicted octanol–water partition coefficient (Wildman–Crippen LogP) is 4.14. The molecule has 0 radical (unpaired) electrons. The van der Waals surface area contributed by atoms with Crippen molar-refractivity contribution in [3.05, 3.63) is 54.8 Å². The first-order chi connectivity index (χ1) is 8.40. The molecule has 0 aliphatic rings. The van der Waals surface area contributed by atoms with Gasteiger partial charge in [-0.1, -0.05) is 36.4 Å². The van der Waals surface area contributed by atoms with Crippen molar-refractivity contribution in [1.82, 2.24) is 0 Å². The molecule has 0 aliphatic heterocycles. The van der Waals surface area contributed by atoms with E-state index in [4.69, 9.17) is 4.42 Å². The van der Waals surface area contributed by atoms with E-state index in [0.717, 1.165) is 22.2 Å². The highest BCUT2D eigenvalue weighted by Gasteiger charge is 2.09. The Bertz CT molecular complexity index is 655. The summed E-state index contributed by atoms with van der Waals surface area (Å²) in [6, 6.07) is 16.3. The number of nitrogens with one attached hydrogen (secondary N) is 1. The summed E-state index contributed by atoms with van der Waals surface area (Å²) in [6.45, 7) is 0. The van der Waals surface area contributed by atoms with Gasteiger partial charge in [0.25, 0.3) is 0 Å². The van der Waals surface area contributed by atoms with Crippen LogP contribution in [0.15, 0.2) is 59.2 Å². The van der Waals surface area contributed by atoms with Crippen LogP contribution in [0.3, 0.4) is 0 Å². The maximum atomic E-state index is 5.58. The molecule has 2 heteroatoms. The normalized spacial score (nSPS) is 10.6. The second-order valence-electron chi connectivity index (χ2n) is 3.94. The minimum Gasteiger partial charge on any atom is -0.464 e. The molecule has 84 valence electrons. The van der Waals surface area contributed by atoms with Gasteiger partial charge in [0.2, 0.25) is 0 Å². The van der Waals surface area contributed by atoms with E-state index in [1.165, 1.54) is 5.56 Å². The van der Waals surface area contributed by atoms with Gasteiger partial charge in [0.05, 0.1) is 6.26 Å². The van der Waals surface area contributed by atoms with E-state index < -0.39 is 0 Å². The third-order valence-corrected chi connectivity index (χ3v) is 2.97. The van der Waals surface area contributed by atoms with Gasteiger partial charge in [0.1, 0.15) is 5.58 Å². The zero-order chi connectivity index (χ0) is 11.7. The quantitative estimate of drug-likeness (QED) is 0.706. The number of benzene rings is 2. The lowest BCUT2D eigenvalue weighted by Crippen LogP contribution is -1.90. The molecule has 0 bridgehead atoms. The lowest BCUT2D eigenvalue weighted by molar-refractivity contribution is 0.617. The predicted molar refractivity (Wildman–Crippen MR) is 71.2 cm³/mol. The summed E-state index contributed by atoms with van der Waals surface area (Å²) >= 11 is 0. The summed E-state index contributed by atoms with van der Waals surface area (Å²) < 4.78 is 5.58. The molecule has 1 heterocycles. The first kappa shape index (κ1) is 9.97. The van der Waals surface area contributed by atoms with Crippen molar-refractivity contribution in [1.29, 1.82) is 0 Å². The number of para-hydroxylation sites is 2.